The van der Waals surface area contributed by atoms with Gasteiger partial charge in [-0.15, -0.1) is 0 Å². The first kappa shape index (κ1) is 12.2. The van der Waals surface area contributed by atoms with Crippen molar-refractivity contribution in [3.05, 3.63) is 18.7 Å². The predicted octanol–water partition coefficient (Wildman–Crippen LogP) is 1.99. The Morgan fingerprint density at radius 2 is 2.33 bits per heavy atom. The number of hydrogen-bond donors (Lipinski definition) is 1. The Morgan fingerprint density at radius 1 is 1.39 bits per heavy atom. The smallest absolute Gasteiger partial charge is 0.0949 e. The fraction of sp³-hybridized carbons (Fsp3) is 0.786. The molecule has 2 fully saturated rings. The first-order valence-electron chi connectivity index (χ1n) is 7.16. The summed E-state index contributed by atoms with van der Waals surface area (Å²) >= 11 is 0. The average molecular weight is 249 g/mol. The van der Waals surface area contributed by atoms with Gasteiger partial charge in [-0.25, -0.2) is 4.98 Å². The van der Waals surface area contributed by atoms with E-state index in [1.807, 2.05) is 12.5 Å². The molecule has 1 aromatic heterocycles. The second-order valence-corrected chi connectivity index (χ2v) is 5.69. The van der Waals surface area contributed by atoms with Crippen LogP contribution in [0.25, 0.3) is 0 Å². The summed E-state index contributed by atoms with van der Waals surface area (Å²) in [5.41, 5.74) is 0. The van der Waals surface area contributed by atoms with Gasteiger partial charge in [0.1, 0.15) is 0 Å². The molecule has 1 aromatic rings. The van der Waals surface area contributed by atoms with Crippen molar-refractivity contribution >= 4 is 0 Å². The Kier molecular flexibility index (Phi) is 3.66. The SMILES string of the molecule is CC(NC1CCCC1n1ccnc1)C1CCOC1. The molecule has 1 aliphatic carbocycles. The molecule has 0 amide bonds. The lowest BCUT2D eigenvalue weighted by molar-refractivity contribution is 0.175. The van der Waals surface area contributed by atoms with Gasteiger partial charge in [0.2, 0.25) is 0 Å². The molecule has 100 valence electrons. The highest BCUT2D eigenvalue weighted by Crippen LogP contribution is 2.31. The van der Waals surface area contributed by atoms with Gasteiger partial charge in [-0.05, 0) is 38.5 Å². The first-order valence-corrected chi connectivity index (χ1v) is 7.16. The lowest BCUT2D eigenvalue weighted by atomic mass is 9.99. The Balaban J connectivity index is 1.61. The molecule has 3 rings (SSSR count). The highest BCUT2D eigenvalue weighted by atomic mass is 16.5. The quantitative estimate of drug-likeness (QED) is 0.887. The molecule has 4 atom stereocenters. The molecule has 0 radical (unpaired) electrons. The lowest BCUT2D eigenvalue weighted by Gasteiger charge is -2.28. The number of rotatable bonds is 4. The van der Waals surface area contributed by atoms with Crippen LogP contribution >= 0.6 is 0 Å². The minimum atomic E-state index is 0.557. The molecule has 18 heavy (non-hydrogen) atoms. The molecule has 4 heteroatoms. The molecule has 1 N–H and O–H groups in total. The van der Waals surface area contributed by atoms with Crippen molar-refractivity contribution in [1.82, 2.24) is 14.9 Å². The summed E-state index contributed by atoms with van der Waals surface area (Å²) in [6, 6.07) is 1.73. The summed E-state index contributed by atoms with van der Waals surface area (Å²) in [5, 5.41) is 3.83. The molecule has 1 aliphatic heterocycles. The normalized spacial score (nSPS) is 33.9. The maximum Gasteiger partial charge on any atom is 0.0949 e. The van der Waals surface area contributed by atoms with Crippen LogP contribution in [0, 0.1) is 5.92 Å². The Labute approximate surface area is 109 Å². The third kappa shape index (κ3) is 2.45. The number of nitrogens with one attached hydrogen (secondary N) is 1. The first-order chi connectivity index (χ1) is 8.84. The highest BCUT2D eigenvalue weighted by Gasteiger charge is 2.31. The molecule has 0 spiro atoms. The topological polar surface area (TPSA) is 39.1 Å². The molecule has 0 bridgehead atoms. The van der Waals surface area contributed by atoms with E-state index < -0.39 is 0 Å². The van der Waals surface area contributed by atoms with E-state index in [0.717, 1.165) is 13.2 Å². The van der Waals surface area contributed by atoms with Crippen LogP contribution in [0.5, 0.6) is 0 Å². The van der Waals surface area contributed by atoms with E-state index in [9.17, 15) is 0 Å². The molecule has 4 unspecified atom stereocenters. The van der Waals surface area contributed by atoms with Crippen LogP contribution in [0.3, 0.4) is 0 Å². The number of aromatic nitrogens is 2. The Hall–Kier alpha value is -0.870. The van der Waals surface area contributed by atoms with Gasteiger partial charge in [-0.1, -0.05) is 0 Å². The summed E-state index contributed by atoms with van der Waals surface area (Å²) in [4.78, 5) is 4.17. The van der Waals surface area contributed by atoms with E-state index in [1.165, 1.54) is 25.7 Å². The summed E-state index contributed by atoms with van der Waals surface area (Å²) in [7, 11) is 0. The van der Waals surface area contributed by atoms with Crippen LogP contribution < -0.4 is 5.32 Å². The fourth-order valence-corrected chi connectivity index (χ4v) is 3.38. The maximum atomic E-state index is 5.49. The maximum absolute atomic E-state index is 5.49. The van der Waals surface area contributed by atoms with Gasteiger partial charge in [-0.3, -0.25) is 0 Å². The van der Waals surface area contributed by atoms with Crippen molar-refractivity contribution in [1.29, 1.82) is 0 Å². The zero-order chi connectivity index (χ0) is 12.4. The Morgan fingerprint density at radius 3 is 3.06 bits per heavy atom. The van der Waals surface area contributed by atoms with Crippen molar-refractivity contribution < 1.29 is 4.74 Å². The van der Waals surface area contributed by atoms with Crippen LogP contribution in [0.15, 0.2) is 18.7 Å². The number of ether oxygens (including phenoxy) is 1. The second kappa shape index (κ2) is 5.41. The van der Waals surface area contributed by atoms with E-state index in [2.05, 4.69) is 28.0 Å². The fourth-order valence-electron chi connectivity index (χ4n) is 3.38. The largest absolute Gasteiger partial charge is 0.381 e. The third-order valence-corrected chi connectivity index (χ3v) is 4.54. The van der Waals surface area contributed by atoms with Crippen molar-refractivity contribution in [2.75, 3.05) is 13.2 Å². The molecular weight excluding hydrogens is 226 g/mol. The van der Waals surface area contributed by atoms with E-state index in [0.29, 0.717) is 24.0 Å². The van der Waals surface area contributed by atoms with Crippen LogP contribution in [-0.2, 0) is 4.74 Å². The standard InChI is InChI=1S/C14H23N3O/c1-11(12-5-8-18-9-12)16-13-3-2-4-14(13)17-7-6-15-10-17/h6-7,10-14,16H,2-5,8-9H2,1H3. The van der Waals surface area contributed by atoms with E-state index >= 15 is 0 Å². The zero-order valence-corrected chi connectivity index (χ0v) is 11.1. The molecule has 2 heterocycles. The van der Waals surface area contributed by atoms with Crippen LogP contribution in [0.2, 0.25) is 0 Å². The third-order valence-electron chi connectivity index (χ3n) is 4.54. The minimum Gasteiger partial charge on any atom is -0.381 e. The second-order valence-electron chi connectivity index (χ2n) is 5.69. The molecule has 4 nitrogen and oxygen atoms in total. The van der Waals surface area contributed by atoms with Gasteiger partial charge in [0, 0.05) is 37.1 Å². The van der Waals surface area contributed by atoms with Gasteiger partial charge >= 0.3 is 0 Å². The van der Waals surface area contributed by atoms with E-state index in [-0.39, 0.29) is 0 Å². The molecule has 0 aromatic carbocycles. The summed E-state index contributed by atoms with van der Waals surface area (Å²) in [6.07, 6.45) is 11.0. The molecular formula is C14H23N3O. The predicted molar refractivity (Wildman–Crippen MR) is 70.4 cm³/mol. The van der Waals surface area contributed by atoms with Crippen molar-refractivity contribution in [3.63, 3.8) is 0 Å². The molecule has 2 aliphatic rings. The van der Waals surface area contributed by atoms with Crippen LogP contribution in [-0.4, -0.2) is 34.8 Å². The number of hydrogen-bond acceptors (Lipinski definition) is 3. The van der Waals surface area contributed by atoms with Gasteiger partial charge in [-0.2, -0.15) is 0 Å². The zero-order valence-electron chi connectivity index (χ0n) is 11.1. The monoisotopic (exact) mass is 249 g/mol. The lowest BCUT2D eigenvalue weighted by Crippen LogP contribution is -2.43. The highest BCUT2D eigenvalue weighted by molar-refractivity contribution is 4.93. The van der Waals surface area contributed by atoms with Gasteiger partial charge in [0.15, 0.2) is 0 Å². The number of imidazole rings is 1. The van der Waals surface area contributed by atoms with Crippen molar-refractivity contribution in [2.24, 2.45) is 5.92 Å². The van der Waals surface area contributed by atoms with Gasteiger partial charge in [0.25, 0.3) is 0 Å². The Bertz CT molecular complexity index is 359. The van der Waals surface area contributed by atoms with Gasteiger partial charge < -0.3 is 14.6 Å². The molecule has 1 saturated heterocycles. The van der Waals surface area contributed by atoms with Gasteiger partial charge in [0.05, 0.1) is 12.9 Å². The van der Waals surface area contributed by atoms with E-state index in [4.69, 9.17) is 4.74 Å². The van der Waals surface area contributed by atoms with E-state index in [1.54, 1.807) is 0 Å². The van der Waals surface area contributed by atoms with Crippen LogP contribution in [0.4, 0.5) is 0 Å². The minimum absolute atomic E-state index is 0.557. The number of nitrogens with zero attached hydrogens (tertiary/aromatic N) is 2. The summed E-state index contributed by atoms with van der Waals surface area (Å²) in [5.74, 6) is 0.689. The summed E-state index contributed by atoms with van der Waals surface area (Å²) in [6.45, 7) is 4.17. The van der Waals surface area contributed by atoms with Crippen molar-refractivity contribution in [2.45, 2.75) is 50.7 Å². The summed E-state index contributed by atoms with van der Waals surface area (Å²) < 4.78 is 7.75. The molecule has 1 saturated carbocycles. The average Bonchev–Trinajstić information content (AvgIpc) is 3.11. The van der Waals surface area contributed by atoms with Crippen molar-refractivity contribution in [3.8, 4) is 0 Å². The van der Waals surface area contributed by atoms with Crippen LogP contribution in [0.1, 0.15) is 38.6 Å².